The molecule has 2 aromatic carbocycles. The molecule has 0 aliphatic heterocycles. The van der Waals surface area contributed by atoms with Gasteiger partial charge in [0.05, 0.1) is 16.5 Å². The smallest absolute Gasteiger partial charge is 0.236 e. The van der Waals surface area contributed by atoms with Crippen molar-refractivity contribution in [3.05, 3.63) is 57.9 Å². The van der Waals surface area contributed by atoms with E-state index in [0.29, 0.717) is 32.6 Å². The number of carbonyl (C=O) groups is 1. The number of halogens is 2. The molecule has 0 saturated carbocycles. The number of carbonyl (C=O) groups excluding carboxylic acids is 1. The number of anilines is 2. The molecule has 0 spiro atoms. The zero-order valence-electron chi connectivity index (χ0n) is 18.7. The fourth-order valence-corrected chi connectivity index (χ4v) is 5.27. The number of thiazole rings is 1. The van der Waals surface area contributed by atoms with Crippen molar-refractivity contribution in [2.24, 2.45) is 0 Å². The fourth-order valence-electron chi connectivity index (χ4n) is 3.24. The van der Waals surface area contributed by atoms with Crippen LogP contribution in [0.3, 0.4) is 0 Å². The lowest BCUT2D eigenvalue weighted by atomic mass is 10.2. The first-order valence-corrected chi connectivity index (χ1v) is 13.0. The number of nitrogens with zero attached hydrogens (tertiary/aromatic N) is 5. The van der Waals surface area contributed by atoms with Crippen molar-refractivity contribution in [1.29, 1.82) is 0 Å². The standard InChI is InChI=1S/C23H22Cl2N6OS2/c1-4-31-21(14-5-8-16(9-6-14)30(2)3)28-29-23(31)34-13-20(32)27-22-26-19(12-33-22)17-10-7-15(24)11-18(17)25/h5-12H,4,13H2,1-3H3,(H,26,27,32). The molecule has 0 atom stereocenters. The van der Waals surface area contributed by atoms with Crippen molar-refractivity contribution in [3.63, 3.8) is 0 Å². The molecule has 0 unspecified atom stereocenters. The first-order chi connectivity index (χ1) is 16.4. The first-order valence-electron chi connectivity index (χ1n) is 10.4. The van der Waals surface area contributed by atoms with Gasteiger partial charge in [0.1, 0.15) is 0 Å². The summed E-state index contributed by atoms with van der Waals surface area (Å²) < 4.78 is 2.01. The number of hydrogen-bond acceptors (Lipinski definition) is 7. The monoisotopic (exact) mass is 532 g/mol. The summed E-state index contributed by atoms with van der Waals surface area (Å²) in [4.78, 5) is 19.1. The molecule has 0 saturated heterocycles. The highest BCUT2D eigenvalue weighted by Crippen LogP contribution is 2.32. The summed E-state index contributed by atoms with van der Waals surface area (Å²) >= 11 is 14.9. The Hall–Kier alpha value is -2.59. The van der Waals surface area contributed by atoms with Gasteiger partial charge < -0.3 is 14.8 Å². The largest absolute Gasteiger partial charge is 0.378 e. The van der Waals surface area contributed by atoms with Gasteiger partial charge in [0.2, 0.25) is 5.91 Å². The predicted octanol–water partition coefficient (Wildman–Crippen LogP) is 6.19. The second-order valence-corrected chi connectivity index (χ2v) is 10.1. The molecule has 34 heavy (non-hydrogen) atoms. The molecule has 0 bridgehead atoms. The van der Waals surface area contributed by atoms with Crippen LogP contribution < -0.4 is 10.2 Å². The highest BCUT2D eigenvalue weighted by molar-refractivity contribution is 7.99. The summed E-state index contributed by atoms with van der Waals surface area (Å²) in [5, 5.41) is 15.6. The lowest BCUT2D eigenvalue weighted by Gasteiger charge is -2.13. The molecule has 2 heterocycles. The molecule has 0 aliphatic carbocycles. The Morgan fingerprint density at radius 1 is 1.15 bits per heavy atom. The lowest BCUT2D eigenvalue weighted by molar-refractivity contribution is -0.113. The van der Waals surface area contributed by atoms with Crippen LogP contribution in [0.15, 0.2) is 53.0 Å². The third-order valence-corrected chi connectivity index (χ3v) is 7.24. The van der Waals surface area contributed by atoms with E-state index in [-0.39, 0.29) is 11.7 Å². The van der Waals surface area contributed by atoms with Crippen molar-refractivity contribution < 1.29 is 4.79 Å². The molecule has 4 aromatic rings. The van der Waals surface area contributed by atoms with Crippen LogP contribution in [-0.2, 0) is 11.3 Å². The Morgan fingerprint density at radius 3 is 2.59 bits per heavy atom. The van der Waals surface area contributed by atoms with Crippen LogP contribution >= 0.6 is 46.3 Å². The number of hydrogen-bond donors (Lipinski definition) is 1. The molecule has 4 rings (SSSR count). The molecule has 1 amide bonds. The van der Waals surface area contributed by atoms with Gasteiger partial charge in [0.25, 0.3) is 0 Å². The zero-order chi connectivity index (χ0) is 24.2. The molecule has 7 nitrogen and oxygen atoms in total. The maximum atomic E-state index is 12.5. The second kappa shape index (κ2) is 10.8. The molecule has 0 fully saturated rings. The number of amides is 1. The van der Waals surface area contributed by atoms with Gasteiger partial charge in [-0.3, -0.25) is 4.79 Å². The second-order valence-electron chi connectivity index (χ2n) is 7.49. The number of benzene rings is 2. The van der Waals surface area contributed by atoms with Gasteiger partial charge in [0.15, 0.2) is 16.1 Å². The van der Waals surface area contributed by atoms with E-state index in [4.69, 9.17) is 23.2 Å². The van der Waals surface area contributed by atoms with E-state index in [1.54, 1.807) is 12.1 Å². The van der Waals surface area contributed by atoms with Crippen molar-refractivity contribution in [2.45, 2.75) is 18.6 Å². The number of aromatic nitrogens is 4. The average molecular weight is 534 g/mol. The highest BCUT2D eigenvalue weighted by atomic mass is 35.5. The zero-order valence-corrected chi connectivity index (χ0v) is 21.9. The minimum absolute atomic E-state index is 0.171. The molecule has 0 radical (unpaired) electrons. The Labute approximate surface area is 216 Å². The lowest BCUT2D eigenvalue weighted by Crippen LogP contribution is -2.14. The van der Waals surface area contributed by atoms with Crippen molar-refractivity contribution in [3.8, 4) is 22.6 Å². The van der Waals surface area contributed by atoms with E-state index >= 15 is 0 Å². The number of rotatable bonds is 8. The van der Waals surface area contributed by atoms with Crippen molar-refractivity contribution in [1.82, 2.24) is 19.7 Å². The Bertz CT molecular complexity index is 1300. The van der Waals surface area contributed by atoms with E-state index in [9.17, 15) is 4.79 Å². The quantitative estimate of drug-likeness (QED) is 0.272. The van der Waals surface area contributed by atoms with E-state index in [1.165, 1.54) is 23.1 Å². The Morgan fingerprint density at radius 2 is 1.91 bits per heavy atom. The Balaban J connectivity index is 1.40. The summed E-state index contributed by atoms with van der Waals surface area (Å²) in [6, 6.07) is 13.4. The van der Waals surface area contributed by atoms with Crippen molar-refractivity contribution in [2.75, 3.05) is 30.1 Å². The molecule has 0 aliphatic rings. The molecule has 176 valence electrons. The topological polar surface area (TPSA) is 75.9 Å². The van der Waals surface area contributed by atoms with Gasteiger partial charge in [-0.05, 0) is 49.4 Å². The van der Waals surface area contributed by atoms with Crippen molar-refractivity contribution >= 4 is 63.0 Å². The third-order valence-electron chi connectivity index (χ3n) is 4.96. The van der Waals surface area contributed by atoms with Crippen LogP contribution in [0, 0.1) is 0 Å². The van der Waals surface area contributed by atoms with E-state index in [2.05, 4.69) is 20.5 Å². The normalized spacial score (nSPS) is 11.0. The maximum absolute atomic E-state index is 12.5. The third kappa shape index (κ3) is 5.55. The van der Waals surface area contributed by atoms with Gasteiger partial charge in [-0.15, -0.1) is 21.5 Å². The van der Waals surface area contributed by atoms with E-state index in [0.717, 1.165) is 22.6 Å². The van der Waals surface area contributed by atoms with E-state index in [1.807, 2.05) is 66.2 Å². The van der Waals surface area contributed by atoms with Gasteiger partial charge >= 0.3 is 0 Å². The minimum atomic E-state index is -0.171. The predicted molar refractivity (Wildman–Crippen MR) is 142 cm³/mol. The van der Waals surface area contributed by atoms with Crippen LogP contribution in [0.5, 0.6) is 0 Å². The molecular formula is C23H22Cl2N6OS2. The number of thioether (sulfide) groups is 1. The van der Waals surface area contributed by atoms with Crippen LogP contribution in [0.2, 0.25) is 10.0 Å². The summed E-state index contributed by atoms with van der Waals surface area (Å²) in [6.45, 7) is 2.73. The van der Waals surface area contributed by atoms with Crippen LogP contribution in [0.1, 0.15) is 6.92 Å². The SMILES string of the molecule is CCn1c(SCC(=O)Nc2nc(-c3ccc(Cl)cc3Cl)cs2)nnc1-c1ccc(N(C)C)cc1. The number of nitrogens with one attached hydrogen (secondary N) is 1. The molecular weight excluding hydrogens is 511 g/mol. The molecule has 1 N–H and O–H groups in total. The minimum Gasteiger partial charge on any atom is -0.378 e. The van der Waals surface area contributed by atoms with Gasteiger partial charge in [-0.25, -0.2) is 4.98 Å². The summed E-state index contributed by atoms with van der Waals surface area (Å²) in [7, 11) is 4.01. The first kappa shape index (κ1) is 24.5. The van der Waals surface area contributed by atoms with Gasteiger partial charge in [-0.1, -0.05) is 35.0 Å². The van der Waals surface area contributed by atoms with Crippen LogP contribution in [-0.4, -0.2) is 45.5 Å². The molecule has 2 aromatic heterocycles. The van der Waals surface area contributed by atoms with E-state index < -0.39 is 0 Å². The van der Waals surface area contributed by atoms with Gasteiger partial charge in [0, 0.05) is 47.9 Å². The fraction of sp³-hybridized carbons (Fsp3) is 0.217. The average Bonchev–Trinajstić information content (AvgIpc) is 3.44. The van der Waals surface area contributed by atoms with Gasteiger partial charge in [-0.2, -0.15) is 0 Å². The Kier molecular flexibility index (Phi) is 7.77. The summed E-state index contributed by atoms with van der Waals surface area (Å²) in [6.07, 6.45) is 0. The highest BCUT2D eigenvalue weighted by Gasteiger charge is 2.16. The summed E-state index contributed by atoms with van der Waals surface area (Å²) in [5.41, 5.74) is 3.54. The van der Waals surface area contributed by atoms with Crippen LogP contribution in [0.25, 0.3) is 22.6 Å². The van der Waals surface area contributed by atoms with Crippen LogP contribution in [0.4, 0.5) is 10.8 Å². The summed E-state index contributed by atoms with van der Waals surface area (Å²) in [5.74, 6) is 0.796. The molecule has 11 heteroatoms. The maximum Gasteiger partial charge on any atom is 0.236 e.